The fourth-order valence-electron chi connectivity index (χ4n) is 2.44. The molecule has 1 heterocycles. The van der Waals surface area contributed by atoms with Crippen LogP contribution in [0.4, 0.5) is 0 Å². The van der Waals surface area contributed by atoms with E-state index < -0.39 is 0 Å². The lowest BCUT2D eigenvalue weighted by Crippen LogP contribution is -1.99. The van der Waals surface area contributed by atoms with Crippen molar-refractivity contribution in [1.29, 1.82) is 5.26 Å². The van der Waals surface area contributed by atoms with Crippen molar-refractivity contribution in [2.45, 2.75) is 32.6 Å². The van der Waals surface area contributed by atoms with Crippen molar-refractivity contribution in [2.75, 3.05) is 0 Å². The third-order valence-electron chi connectivity index (χ3n) is 3.58. The molecule has 0 bridgehead atoms. The molecule has 0 saturated heterocycles. The molecule has 20 heavy (non-hydrogen) atoms. The summed E-state index contributed by atoms with van der Waals surface area (Å²) in [6.07, 6.45) is 6.59. The number of hydrogen-bond acceptors (Lipinski definition) is 3. The molecule has 0 radical (unpaired) electrons. The average Bonchev–Trinajstić information content (AvgIpc) is 2.90. The van der Waals surface area contributed by atoms with Crippen LogP contribution in [0.2, 0.25) is 0 Å². The van der Waals surface area contributed by atoms with Crippen LogP contribution >= 0.6 is 11.3 Å². The number of allylic oxidation sites excluding steroid dienone is 1. The summed E-state index contributed by atoms with van der Waals surface area (Å²) in [4.78, 5) is 6.03. The molecule has 3 heteroatoms. The van der Waals surface area contributed by atoms with Gasteiger partial charge in [0.1, 0.15) is 11.1 Å². The summed E-state index contributed by atoms with van der Waals surface area (Å²) in [6.45, 7) is 2.06. The number of aryl methyl sites for hydroxylation is 3. The number of thiazole rings is 1. The molecule has 1 aliphatic rings. The largest absolute Gasteiger partial charge is 0.240 e. The van der Waals surface area contributed by atoms with Crippen LogP contribution in [0.25, 0.3) is 11.6 Å². The molecule has 0 unspecified atom stereocenters. The highest BCUT2D eigenvalue weighted by atomic mass is 32.1. The van der Waals surface area contributed by atoms with Gasteiger partial charge in [-0.2, -0.15) is 5.26 Å². The number of fused-ring (bicyclic) bond motifs is 1. The number of nitriles is 1. The van der Waals surface area contributed by atoms with Crippen LogP contribution in [0.1, 0.15) is 39.5 Å². The van der Waals surface area contributed by atoms with Crippen LogP contribution in [0.15, 0.2) is 24.3 Å². The monoisotopic (exact) mass is 280 g/mol. The fourth-order valence-corrected chi connectivity index (χ4v) is 3.55. The zero-order valence-corrected chi connectivity index (χ0v) is 12.3. The van der Waals surface area contributed by atoms with E-state index in [1.54, 1.807) is 11.3 Å². The summed E-state index contributed by atoms with van der Waals surface area (Å²) >= 11 is 1.69. The average molecular weight is 280 g/mol. The molecule has 0 aliphatic heterocycles. The summed E-state index contributed by atoms with van der Waals surface area (Å²) in [7, 11) is 0. The van der Waals surface area contributed by atoms with Gasteiger partial charge in [-0.15, -0.1) is 11.3 Å². The first kappa shape index (κ1) is 13.1. The summed E-state index contributed by atoms with van der Waals surface area (Å²) in [5, 5.41) is 10.3. The van der Waals surface area contributed by atoms with Crippen LogP contribution in [0, 0.1) is 18.3 Å². The first-order valence-electron chi connectivity index (χ1n) is 6.93. The molecule has 1 aliphatic carbocycles. The minimum absolute atomic E-state index is 0.674. The highest BCUT2D eigenvalue weighted by Gasteiger charge is 2.17. The Hall–Kier alpha value is -1.92. The van der Waals surface area contributed by atoms with Crippen molar-refractivity contribution < 1.29 is 0 Å². The van der Waals surface area contributed by atoms with E-state index in [0.717, 1.165) is 23.4 Å². The zero-order valence-electron chi connectivity index (χ0n) is 11.5. The number of rotatable bonds is 2. The van der Waals surface area contributed by atoms with E-state index in [1.807, 2.05) is 18.2 Å². The Kier molecular flexibility index (Phi) is 3.66. The van der Waals surface area contributed by atoms with E-state index in [1.165, 1.54) is 29.0 Å². The SMILES string of the molecule is Cc1ccc(/C=C(\C#N)c2nc3c(s2)CCCC3)cc1. The van der Waals surface area contributed by atoms with E-state index in [9.17, 15) is 5.26 Å². The molecular formula is C17H16N2S. The molecule has 1 aromatic carbocycles. The van der Waals surface area contributed by atoms with Gasteiger partial charge in [-0.3, -0.25) is 0 Å². The maximum atomic E-state index is 9.40. The van der Waals surface area contributed by atoms with Crippen molar-refractivity contribution in [1.82, 2.24) is 4.98 Å². The minimum Gasteiger partial charge on any atom is -0.240 e. The van der Waals surface area contributed by atoms with Gasteiger partial charge in [0.2, 0.25) is 0 Å². The summed E-state index contributed by atoms with van der Waals surface area (Å²) < 4.78 is 0. The van der Waals surface area contributed by atoms with Gasteiger partial charge in [0.25, 0.3) is 0 Å². The topological polar surface area (TPSA) is 36.7 Å². The second kappa shape index (κ2) is 5.60. The van der Waals surface area contributed by atoms with Gasteiger partial charge in [-0.1, -0.05) is 29.8 Å². The van der Waals surface area contributed by atoms with Crippen molar-refractivity contribution >= 4 is 23.0 Å². The number of aromatic nitrogens is 1. The maximum absolute atomic E-state index is 9.40. The van der Waals surface area contributed by atoms with Gasteiger partial charge >= 0.3 is 0 Å². The van der Waals surface area contributed by atoms with Crippen LogP contribution in [-0.4, -0.2) is 4.98 Å². The molecule has 3 rings (SSSR count). The predicted molar refractivity (Wildman–Crippen MR) is 83.4 cm³/mol. The summed E-state index contributed by atoms with van der Waals surface area (Å²) in [5.74, 6) is 0. The van der Waals surface area contributed by atoms with Gasteiger partial charge in [0, 0.05) is 4.88 Å². The first-order valence-corrected chi connectivity index (χ1v) is 7.75. The Balaban J connectivity index is 1.95. The maximum Gasteiger partial charge on any atom is 0.134 e. The second-order valence-electron chi connectivity index (χ2n) is 5.18. The Labute approximate surface area is 123 Å². The minimum atomic E-state index is 0.674. The second-order valence-corrected chi connectivity index (χ2v) is 6.26. The predicted octanol–water partition coefficient (Wildman–Crippen LogP) is 4.39. The Morgan fingerprint density at radius 1 is 1.25 bits per heavy atom. The first-order chi connectivity index (χ1) is 9.76. The van der Waals surface area contributed by atoms with Gasteiger partial charge in [0.15, 0.2) is 0 Å². The molecule has 2 aromatic rings. The number of hydrogen-bond donors (Lipinski definition) is 0. The molecule has 100 valence electrons. The van der Waals surface area contributed by atoms with Gasteiger partial charge in [-0.25, -0.2) is 4.98 Å². The Morgan fingerprint density at radius 3 is 2.70 bits per heavy atom. The number of nitrogens with zero attached hydrogens (tertiary/aromatic N) is 2. The van der Waals surface area contributed by atoms with E-state index in [2.05, 4.69) is 30.1 Å². The Bertz CT molecular complexity index is 663. The van der Waals surface area contributed by atoms with E-state index in [-0.39, 0.29) is 0 Å². The lowest BCUT2D eigenvalue weighted by Gasteiger charge is -2.06. The zero-order chi connectivity index (χ0) is 13.9. The van der Waals surface area contributed by atoms with Crippen molar-refractivity contribution in [2.24, 2.45) is 0 Å². The molecule has 0 saturated carbocycles. The smallest absolute Gasteiger partial charge is 0.134 e. The lowest BCUT2D eigenvalue weighted by atomic mass is 10.0. The summed E-state index contributed by atoms with van der Waals surface area (Å²) in [5.41, 5.74) is 4.17. The fraction of sp³-hybridized carbons (Fsp3) is 0.294. The Morgan fingerprint density at radius 2 is 2.00 bits per heavy atom. The normalized spacial score (nSPS) is 14.7. The van der Waals surface area contributed by atoms with Crippen LogP contribution in [0.5, 0.6) is 0 Å². The molecule has 0 fully saturated rings. The molecule has 1 aromatic heterocycles. The summed E-state index contributed by atoms with van der Waals surface area (Å²) in [6, 6.07) is 10.5. The van der Waals surface area contributed by atoms with Crippen molar-refractivity contribution in [3.05, 3.63) is 51.0 Å². The van der Waals surface area contributed by atoms with Gasteiger partial charge < -0.3 is 0 Å². The van der Waals surface area contributed by atoms with Crippen LogP contribution < -0.4 is 0 Å². The highest BCUT2D eigenvalue weighted by Crippen LogP contribution is 2.30. The van der Waals surface area contributed by atoms with E-state index in [0.29, 0.717) is 5.57 Å². The quantitative estimate of drug-likeness (QED) is 0.765. The third kappa shape index (κ3) is 2.66. The van der Waals surface area contributed by atoms with E-state index >= 15 is 0 Å². The highest BCUT2D eigenvalue weighted by molar-refractivity contribution is 7.13. The molecule has 0 spiro atoms. The molecule has 0 N–H and O–H groups in total. The molecule has 2 nitrogen and oxygen atoms in total. The standard InChI is InChI=1S/C17H16N2S/c1-12-6-8-13(9-7-12)10-14(11-18)17-19-15-4-2-3-5-16(15)20-17/h6-10H,2-5H2,1H3/b14-10+. The van der Waals surface area contributed by atoms with Crippen LogP contribution in [0.3, 0.4) is 0 Å². The molecule has 0 atom stereocenters. The van der Waals surface area contributed by atoms with Crippen molar-refractivity contribution in [3.8, 4) is 6.07 Å². The van der Waals surface area contributed by atoms with Gasteiger partial charge in [-0.05, 0) is 44.2 Å². The number of benzene rings is 1. The van der Waals surface area contributed by atoms with Crippen molar-refractivity contribution in [3.63, 3.8) is 0 Å². The van der Waals surface area contributed by atoms with Crippen LogP contribution in [-0.2, 0) is 12.8 Å². The lowest BCUT2D eigenvalue weighted by molar-refractivity contribution is 0.682. The van der Waals surface area contributed by atoms with E-state index in [4.69, 9.17) is 0 Å². The molecular weight excluding hydrogens is 264 g/mol. The van der Waals surface area contributed by atoms with Gasteiger partial charge in [0.05, 0.1) is 11.3 Å². The molecule has 0 amide bonds. The third-order valence-corrected chi connectivity index (χ3v) is 4.78.